The second-order valence-electron chi connectivity index (χ2n) is 4.74. The minimum atomic E-state index is -3.45. The molecule has 0 aromatic rings. The van der Waals surface area contributed by atoms with E-state index in [0.717, 1.165) is 12.8 Å². The minimum absolute atomic E-state index is 0.155. The van der Waals surface area contributed by atoms with E-state index >= 15 is 0 Å². The molecule has 0 radical (unpaired) electrons. The highest BCUT2D eigenvalue weighted by molar-refractivity contribution is 7.86. The molecule has 18 heavy (non-hydrogen) atoms. The van der Waals surface area contributed by atoms with Gasteiger partial charge in [-0.25, -0.2) is 0 Å². The molecule has 2 atom stereocenters. The number of ether oxygens (including phenoxy) is 1. The Morgan fingerprint density at radius 1 is 1.50 bits per heavy atom. The summed E-state index contributed by atoms with van der Waals surface area (Å²) in [5.74, 6) is 0. The first-order valence-corrected chi connectivity index (χ1v) is 7.78. The molecule has 1 N–H and O–H groups in total. The van der Waals surface area contributed by atoms with Gasteiger partial charge in [0, 0.05) is 26.2 Å². The smallest absolute Gasteiger partial charge is 0.282 e. The summed E-state index contributed by atoms with van der Waals surface area (Å²) < 4.78 is 32.9. The van der Waals surface area contributed by atoms with Gasteiger partial charge in [-0.2, -0.15) is 17.0 Å². The number of hydrogen-bond acceptors (Lipinski definition) is 4. The van der Waals surface area contributed by atoms with Gasteiger partial charge in [-0.05, 0) is 13.3 Å². The molecule has 0 spiro atoms. The van der Waals surface area contributed by atoms with E-state index in [9.17, 15) is 8.42 Å². The van der Waals surface area contributed by atoms with Gasteiger partial charge in [0.25, 0.3) is 10.2 Å². The fraction of sp³-hybridized carbons (Fsp3) is 1.00. The SMILES string of the molecule is CCCCN(C)S(=O)(=O)N1CC(CO)OCC1C. The summed E-state index contributed by atoms with van der Waals surface area (Å²) in [6.07, 6.45) is 1.38. The molecule has 1 aliphatic heterocycles. The Hall–Kier alpha value is -0.210. The van der Waals surface area contributed by atoms with Crippen LogP contribution in [0.4, 0.5) is 0 Å². The van der Waals surface area contributed by atoms with Gasteiger partial charge in [0.1, 0.15) is 0 Å². The molecular formula is C11H24N2O4S. The molecule has 1 aliphatic rings. The third-order valence-corrected chi connectivity index (χ3v) is 5.24. The van der Waals surface area contributed by atoms with Crippen molar-refractivity contribution in [3.8, 4) is 0 Å². The van der Waals surface area contributed by atoms with Crippen LogP contribution in [0.5, 0.6) is 0 Å². The van der Waals surface area contributed by atoms with Gasteiger partial charge < -0.3 is 9.84 Å². The quantitative estimate of drug-likeness (QED) is 0.746. The van der Waals surface area contributed by atoms with Crippen molar-refractivity contribution in [2.75, 3.05) is 33.4 Å². The molecule has 2 unspecified atom stereocenters. The highest BCUT2D eigenvalue weighted by Crippen LogP contribution is 2.18. The lowest BCUT2D eigenvalue weighted by molar-refractivity contribution is -0.0529. The highest BCUT2D eigenvalue weighted by atomic mass is 32.2. The summed E-state index contributed by atoms with van der Waals surface area (Å²) in [6, 6.07) is -0.193. The van der Waals surface area contributed by atoms with Crippen LogP contribution in [0.1, 0.15) is 26.7 Å². The Morgan fingerprint density at radius 2 is 2.17 bits per heavy atom. The van der Waals surface area contributed by atoms with Crippen molar-refractivity contribution in [1.29, 1.82) is 0 Å². The zero-order valence-corrected chi connectivity index (χ0v) is 12.2. The van der Waals surface area contributed by atoms with E-state index in [-0.39, 0.29) is 19.2 Å². The topological polar surface area (TPSA) is 70.1 Å². The maximum atomic E-state index is 12.4. The van der Waals surface area contributed by atoms with Crippen molar-refractivity contribution < 1.29 is 18.3 Å². The molecule has 0 aliphatic carbocycles. The number of aliphatic hydroxyl groups is 1. The Bertz CT molecular complexity index is 347. The Balaban J connectivity index is 2.75. The Kier molecular flexibility index (Phi) is 6.00. The molecule has 0 aromatic carbocycles. The fourth-order valence-electron chi connectivity index (χ4n) is 1.90. The molecule has 6 nitrogen and oxygen atoms in total. The van der Waals surface area contributed by atoms with Crippen molar-refractivity contribution in [3.05, 3.63) is 0 Å². The third-order valence-electron chi connectivity index (χ3n) is 3.17. The van der Waals surface area contributed by atoms with Crippen LogP contribution in [0.3, 0.4) is 0 Å². The number of aliphatic hydroxyl groups excluding tert-OH is 1. The predicted molar refractivity (Wildman–Crippen MR) is 69.5 cm³/mol. The minimum Gasteiger partial charge on any atom is -0.394 e. The van der Waals surface area contributed by atoms with Crippen molar-refractivity contribution in [2.45, 2.75) is 38.8 Å². The van der Waals surface area contributed by atoms with Gasteiger partial charge in [0.15, 0.2) is 0 Å². The Labute approximate surface area is 110 Å². The zero-order chi connectivity index (χ0) is 13.8. The number of nitrogens with zero attached hydrogens (tertiary/aromatic N) is 2. The first-order valence-electron chi connectivity index (χ1n) is 6.39. The summed E-state index contributed by atoms with van der Waals surface area (Å²) in [4.78, 5) is 0. The lowest BCUT2D eigenvalue weighted by Crippen LogP contribution is -2.55. The summed E-state index contributed by atoms with van der Waals surface area (Å²) in [6.45, 7) is 4.76. The summed E-state index contributed by atoms with van der Waals surface area (Å²) >= 11 is 0. The highest BCUT2D eigenvalue weighted by Gasteiger charge is 2.36. The molecule has 0 saturated carbocycles. The zero-order valence-electron chi connectivity index (χ0n) is 11.4. The maximum absolute atomic E-state index is 12.4. The fourth-order valence-corrected chi connectivity index (χ4v) is 3.49. The van der Waals surface area contributed by atoms with Gasteiger partial charge in [-0.15, -0.1) is 0 Å². The van der Waals surface area contributed by atoms with Gasteiger partial charge in [0.2, 0.25) is 0 Å². The molecule has 0 aromatic heterocycles. The van der Waals surface area contributed by atoms with Gasteiger partial charge in [-0.3, -0.25) is 0 Å². The van der Waals surface area contributed by atoms with Crippen LogP contribution in [0.15, 0.2) is 0 Å². The largest absolute Gasteiger partial charge is 0.394 e. The Morgan fingerprint density at radius 3 is 2.72 bits per heavy atom. The van der Waals surface area contributed by atoms with Crippen LogP contribution in [-0.2, 0) is 14.9 Å². The van der Waals surface area contributed by atoms with E-state index in [2.05, 4.69) is 0 Å². The molecule has 1 heterocycles. The second kappa shape index (κ2) is 6.81. The summed E-state index contributed by atoms with van der Waals surface area (Å²) in [5.41, 5.74) is 0. The maximum Gasteiger partial charge on any atom is 0.282 e. The monoisotopic (exact) mass is 280 g/mol. The normalized spacial score (nSPS) is 26.7. The molecule has 1 saturated heterocycles. The van der Waals surface area contributed by atoms with E-state index in [1.807, 2.05) is 13.8 Å². The summed E-state index contributed by atoms with van der Waals surface area (Å²) in [5, 5.41) is 9.08. The molecule has 1 fully saturated rings. The standard InChI is InChI=1S/C11H24N2O4S/c1-4-5-6-12(3)18(15,16)13-7-11(8-14)17-9-10(13)2/h10-11,14H,4-9H2,1-3H3. The average Bonchev–Trinajstić information content (AvgIpc) is 2.36. The van der Waals surface area contributed by atoms with E-state index < -0.39 is 16.3 Å². The van der Waals surface area contributed by atoms with E-state index in [0.29, 0.717) is 13.2 Å². The molecule has 7 heteroatoms. The van der Waals surface area contributed by atoms with Crippen molar-refractivity contribution in [2.24, 2.45) is 0 Å². The first kappa shape index (κ1) is 15.8. The lowest BCUT2D eigenvalue weighted by atomic mass is 10.2. The second-order valence-corrected chi connectivity index (χ2v) is 6.73. The van der Waals surface area contributed by atoms with Crippen LogP contribution < -0.4 is 0 Å². The molecule has 0 amide bonds. The molecule has 0 bridgehead atoms. The lowest BCUT2D eigenvalue weighted by Gasteiger charge is -2.38. The van der Waals surface area contributed by atoms with Gasteiger partial charge in [0.05, 0.1) is 19.3 Å². The summed E-state index contributed by atoms with van der Waals surface area (Å²) in [7, 11) is -1.85. The van der Waals surface area contributed by atoms with Crippen LogP contribution in [0.2, 0.25) is 0 Å². The number of hydrogen-bond donors (Lipinski definition) is 1. The van der Waals surface area contributed by atoms with Crippen LogP contribution >= 0.6 is 0 Å². The van der Waals surface area contributed by atoms with Crippen LogP contribution in [0.25, 0.3) is 0 Å². The van der Waals surface area contributed by atoms with Crippen molar-refractivity contribution in [3.63, 3.8) is 0 Å². The predicted octanol–water partition coefficient (Wildman–Crippen LogP) is 0.0447. The third kappa shape index (κ3) is 3.64. The number of unbranched alkanes of at least 4 members (excludes halogenated alkanes) is 1. The first-order chi connectivity index (χ1) is 8.43. The van der Waals surface area contributed by atoms with Gasteiger partial charge >= 0.3 is 0 Å². The number of morpholine rings is 1. The molecule has 108 valence electrons. The average molecular weight is 280 g/mol. The van der Waals surface area contributed by atoms with E-state index in [4.69, 9.17) is 9.84 Å². The molecular weight excluding hydrogens is 256 g/mol. The van der Waals surface area contributed by atoms with E-state index in [1.165, 1.54) is 8.61 Å². The van der Waals surface area contributed by atoms with Crippen molar-refractivity contribution in [1.82, 2.24) is 8.61 Å². The van der Waals surface area contributed by atoms with Crippen molar-refractivity contribution >= 4 is 10.2 Å². The number of rotatable bonds is 6. The van der Waals surface area contributed by atoms with Gasteiger partial charge in [-0.1, -0.05) is 13.3 Å². The van der Waals surface area contributed by atoms with Crippen LogP contribution in [-0.4, -0.2) is 67.6 Å². The van der Waals surface area contributed by atoms with Crippen LogP contribution in [0, 0.1) is 0 Å². The molecule has 1 rings (SSSR count). The van der Waals surface area contributed by atoms with E-state index in [1.54, 1.807) is 7.05 Å².